The van der Waals surface area contributed by atoms with Crippen molar-refractivity contribution in [1.29, 1.82) is 0 Å². The number of halogens is 1. The SMILES string of the molecule is Cc1ccc2c(oc3c(-c4ccc(-c5ccccc5)nc4)c(F)ccc32)c1-c1cc(C(C)C)cc[n+]1C. The summed E-state index contributed by atoms with van der Waals surface area (Å²) < 4.78 is 24.1. The van der Waals surface area contributed by atoms with Crippen LogP contribution >= 0.6 is 0 Å². The van der Waals surface area contributed by atoms with E-state index in [4.69, 9.17) is 4.42 Å². The van der Waals surface area contributed by atoms with Crippen molar-refractivity contribution in [2.45, 2.75) is 26.7 Å². The summed E-state index contributed by atoms with van der Waals surface area (Å²) in [5.74, 6) is 0.0774. The second-order valence-corrected chi connectivity index (χ2v) is 9.94. The van der Waals surface area contributed by atoms with Crippen molar-refractivity contribution in [3.8, 4) is 33.6 Å². The maximum Gasteiger partial charge on any atom is 0.216 e. The van der Waals surface area contributed by atoms with Gasteiger partial charge in [0, 0.05) is 40.2 Å². The molecule has 0 fully saturated rings. The molecule has 4 heteroatoms. The molecule has 3 aromatic heterocycles. The molecule has 37 heavy (non-hydrogen) atoms. The molecule has 182 valence electrons. The highest BCUT2D eigenvalue weighted by molar-refractivity contribution is 6.13. The first-order valence-electron chi connectivity index (χ1n) is 12.6. The molecule has 6 aromatic rings. The zero-order valence-electron chi connectivity index (χ0n) is 21.4. The van der Waals surface area contributed by atoms with Crippen molar-refractivity contribution < 1.29 is 13.4 Å². The number of nitrogens with zero attached hydrogens (tertiary/aromatic N) is 2. The molecule has 0 unspecified atom stereocenters. The predicted octanol–water partition coefficient (Wildman–Crippen LogP) is 8.38. The molecule has 0 aliphatic carbocycles. The zero-order valence-corrected chi connectivity index (χ0v) is 21.4. The minimum atomic E-state index is -0.327. The molecular formula is C33H28FN2O+. The number of hydrogen-bond acceptors (Lipinski definition) is 2. The van der Waals surface area contributed by atoms with Gasteiger partial charge in [-0.05, 0) is 42.2 Å². The smallest absolute Gasteiger partial charge is 0.216 e. The van der Waals surface area contributed by atoms with E-state index in [2.05, 4.69) is 60.8 Å². The largest absolute Gasteiger partial charge is 0.454 e. The van der Waals surface area contributed by atoms with Gasteiger partial charge in [0.2, 0.25) is 5.69 Å². The van der Waals surface area contributed by atoms with Crippen molar-refractivity contribution in [1.82, 2.24) is 4.98 Å². The Morgan fingerprint density at radius 3 is 2.24 bits per heavy atom. The normalized spacial score (nSPS) is 11.6. The Labute approximate surface area is 215 Å². The second kappa shape index (κ2) is 8.97. The van der Waals surface area contributed by atoms with Crippen molar-refractivity contribution in [3.05, 3.63) is 108 Å². The summed E-state index contributed by atoms with van der Waals surface area (Å²) in [6.07, 6.45) is 3.82. The lowest BCUT2D eigenvalue weighted by molar-refractivity contribution is -0.660. The maximum absolute atomic E-state index is 15.4. The summed E-state index contributed by atoms with van der Waals surface area (Å²) in [7, 11) is 2.05. The molecular weight excluding hydrogens is 459 g/mol. The molecule has 0 bridgehead atoms. The average molecular weight is 488 g/mol. The van der Waals surface area contributed by atoms with E-state index in [1.165, 1.54) is 11.6 Å². The van der Waals surface area contributed by atoms with Crippen LogP contribution in [-0.4, -0.2) is 4.98 Å². The Hall–Kier alpha value is -4.31. The number of hydrogen-bond donors (Lipinski definition) is 0. The highest BCUT2D eigenvalue weighted by Crippen LogP contribution is 2.41. The molecule has 3 aromatic carbocycles. The van der Waals surface area contributed by atoms with Crippen molar-refractivity contribution in [2.24, 2.45) is 7.05 Å². The van der Waals surface area contributed by atoms with Crippen LogP contribution in [0.2, 0.25) is 0 Å². The lowest BCUT2D eigenvalue weighted by atomic mass is 9.96. The van der Waals surface area contributed by atoms with E-state index in [0.717, 1.165) is 44.4 Å². The molecule has 0 spiro atoms. The van der Waals surface area contributed by atoms with Crippen LogP contribution < -0.4 is 4.57 Å². The fourth-order valence-electron chi connectivity index (χ4n) is 5.08. The van der Waals surface area contributed by atoms with Gasteiger partial charge in [0.05, 0.1) is 16.8 Å². The van der Waals surface area contributed by atoms with Gasteiger partial charge in [-0.15, -0.1) is 0 Å². The standard InChI is InChI=1S/C33H28FN2O/c1-20(2)23-16-17-36(4)29(18-23)30-21(3)10-12-25-26-13-14-27(34)31(33(26)37-32(25)30)24-11-15-28(35-19-24)22-8-6-5-7-9-22/h5-20H,1-4H3/q+1. The highest BCUT2D eigenvalue weighted by atomic mass is 19.1. The molecule has 0 radical (unpaired) electrons. The minimum Gasteiger partial charge on any atom is -0.454 e. The van der Waals surface area contributed by atoms with Gasteiger partial charge in [0.15, 0.2) is 6.20 Å². The number of rotatable bonds is 4. The fourth-order valence-corrected chi connectivity index (χ4v) is 5.08. The van der Waals surface area contributed by atoms with Crippen LogP contribution in [0.3, 0.4) is 0 Å². The summed E-state index contributed by atoms with van der Waals surface area (Å²) in [6, 6.07) is 25.7. The van der Waals surface area contributed by atoms with Crippen molar-refractivity contribution in [3.63, 3.8) is 0 Å². The van der Waals surface area contributed by atoms with Gasteiger partial charge in [-0.25, -0.2) is 8.96 Å². The highest BCUT2D eigenvalue weighted by Gasteiger charge is 2.24. The molecule has 0 aliphatic heterocycles. The van der Waals surface area contributed by atoms with Gasteiger partial charge >= 0.3 is 0 Å². The average Bonchev–Trinajstić information content (AvgIpc) is 3.28. The van der Waals surface area contributed by atoms with E-state index in [0.29, 0.717) is 22.6 Å². The number of fused-ring (bicyclic) bond motifs is 3. The first-order chi connectivity index (χ1) is 17.9. The molecule has 0 amide bonds. The van der Waals surface area contributed by atoms with Crippen LogP contribution in [0.25, 0.3) is 55.6 Å². The summed E-state index contributed by atoms with van der Waals surface area (Å²) in [4.78, 5) is 4.63. The lowest BCUT2D eigenvalue weighted by Crippen LogP contribution is -2.31. The van der Waals surface area contributed by atoms with Gasteiger partial charge < -0.3 is 4.42 Å². The van der Waals surface area contributed by atoms with Crippen LogP contribution in [0.4, 0.5) is 4.39 Å². The van der Waals surface area contributed by atoms with Gasteiger partial charge in [-0.2, -0.15) is 0 Å². The molecule has 0 aliphatic rings. The van der Waals surface area contributed by atoms with E-state index in [1.54, 1.807) is 6.20 Å². The van der Waals surface area contributed by atoms with Gasteiger partial charge in [-0.1, -0.05) is 62.4 Å². The van der Waals surface area contributed by atoms with Crippen LogP contribution in [-0.2, 0) is 7.05 Å². The monoisotopic (exact) mass is 487 g/mol. The Kier molecular flexibility index (Phi) is 5.60. The molecule has 0 atom stereocenters. The number of aryl methyl sites for hydroxylation is 2. The van der Waals surface area contributed by atoms with Crippen LogP contribution in [0, 0.1) is 12.7 Å². The first-order valence-corrected chi connectivity index (χ1v) is 12.6. The Bertz CT molecular complexity index is 1770. The summed E-state index contributed by atoms with van der Waals surface area (Å²) >= 11 is 0. The van der Waals surface area contributed by atoms with Crippen LogP contribution in [0.1, 0.15) is 30.9 Å². The fraction of sp³-hybridized carbons (Fsp3) is 0.152. The lowest BCUT2D eigenvalue weighted by Gasteiger charge is -2.09. The van der Waals surface area contributed by atoms with Crippen LogP contribution in [0.5, 0.6) is 0 Å². The number of benzene rings is 3. The third-order valence-electron chi connectivity index (χ3n) is 7.19. The third kappa shape index (κ3) is 3.89. The summed E-state index contributed by atoms with van der Waals surface area (Å²) in [5.41, 5.74) is 8.77. The number of furan rings is 1. The van der Waals surface area contributed by atoms with Crippen molar-refractivity contribution in [2.75, 3.05) is 0 Å². The number of pyridine rings is 2. The Balaban J connectivity index is 1.58. The minimum absolute atomic E-state index is 0.327. The predicted molar refractivity (Wildman–Crippen MR) is 148 cm³/mol. The molecule has 0 saturated carbocycles. The van der Waals surface area contributed by atoms with E-state index in [1.807, 2.05) is 55.6 Å². The number of aromatic nitrogens is 2. The molecule has 0 N–H and O–H groups in total. The zero-order chi connectivity index (χ0) is 25.7. The Morgan fingerprint density at radius 1 is 0.811 bits per heavy atom. The summed E-state index contributed by atoms with van der Waals surface area (Å²) in [5, 5.41) is 1.86. The van der Waals surface area contributed by atoms with Crippen LogP contribution in [0.15, 0.2) is 95.7 Å². The van der Waals surface area contributed by atoms with Gasteiger partial charge in [0.1, 0.15) is 24.0 Å². The van der Waals surface area contributed by atoms with E-state index >= 15 is 4.39 Å². The molecule has 3 nitrogen and oxygen atoms in total. The molecule has 0 saturated heterocycles. The third-order valence-corrected chi connectivity index (χ3v) is 7.19. The first kappa shape index (κ1) is 23.1. The second-order valence-electron chi connectivity index (χ2n) is 9.94. The molecule has 6 rings (SSSR count). The maximum atomic E-state index is 15.4. The Morgan fingerprint density at radius 2 is 1.54 bits per heavy atom. The molecule has 3 heterocycles. The van der Waals surface area contributed by atoms with Gasteiger partial charge in [0.25, 0.3) is 0 Å². The van der Waals surface area contributed by atoms with E-state index in [9.17, 15) is 0 Å². The summed E-state index contributed by atoms with van der Waals surface area (Å²) in [6.45, 7) is 6.48. The van der Waals surface area contributed by atoms with E-state index in [-0.39, 0.29) is 5.82 Å². The van der Waals surface area contributed by atoms with E-state index < -0.39 is 0 Å². The van der Waals surface area contributed by atoms with Gasteiger partial charge in [-0.3, -0.25) is 4.98 Å². The quantitative estimate of drug-likeness (QED) is 0.234. The topological polar surface area (TPSA) is 29.9 Å². The van der Waals surface area contributed by atoms with Crippen molar-refractivity contribution >= 4 is 21.9 Å².